The van der Waals surface area contributed by atoms with E-state index in [1.165, 1.54) is 27.7 Å². The molecule has 1 aliphatic heterocycles. The first-order valence-electron chi connectivity index (χ1n) is 12.7. The summed E-state index contributed by atoms with van der Waals surface area (Å²) in [6.07, 6.45) is -18.2. The maximum Gasteiger partial charge on any atom is 0.416 e. The zero-order chi connectivity index (χ0) is 31.8. The zero-order valence-electron chi connectivity index (χ0n) is 22.7. The number of carbonyl (C=O) groups is 2. The number of hydrogen-bond donors (Lipinski definition) is 0. The second-order valence-electron chi connectivity index (χ2n) is 9.92. The molecule has 1 heterocycles. The van der Waals surface area contributed by atoms with Crippen LogP contribution in [-0.4, -0.2) is 35.8 Å². The molecule has 0 N–H and O–H groups in total. The quantitative estimate of drug-likeness (QED) is 0.317. The van der Waals surface area contributed by atoms with Gasteiger partial charge in [0.15, 0.2) is 0 Å². The second kappa shape index (κ2) is 11.9. The fraction of sp³-hybridized carbons (Fsp3) is 0.481. The average molecular weight is 615 g/mol. The average Bonchev–Trinajstić information content (AvgIpc) is 2.84. The molecule has 3 rings (SSSR count). The Hall–Kier alpha value is -3.65. The maximum absolute atomic E-state index is 13.6. The van der Waals surface area contributed by atoms with Crippen LogP contribution < -0.4 is 4.90 Å². The summed E-state index contributed by atoms with van der Waals surface area (Å²) >= 11 is 0. The highest BCUT2D eigenvalue weighted by Crippen LogP contribution is 2.45. The van der Waals surface area contributed by atoms with E-state index >= 15 is 0 Å². The van der Waals surface area contributed by atoms with Crippen molar-refractivity contribution in [2.24, 2.45) is 0 Å². The number of benzene rings is 2. The fourth-order valence-corrected chi connectivity index (χ4v) is 4.65. The number of carbonyl (C=O) groups excluding carboxylic acids is 2. The molecule has 0 unspecified atom stereocenters. The molecule has 0 aromatic heterocycles. The number of fused-ring (bicyclic) bond motifs is 1. The first-order valence-corrected chi connectivity index (χ1v) is 12.7. The topological polar surface area (TPSA) is 59.1 Å². The van der Waals surface area contributed by atoms with Gasteiger partial charge in [-0.05, 0) is 75.6 Å². The number of halogens is 9. The molecule has 0 radical (unpaired) electrons. The van der Waals surface area contributed by atoms with Crippen molar-refractivity contribution in [1.82, 2.24) is 4.90 Å². The van der Waals surface area contributed by atoms with Gasteiger partial charge < -0.3 is 9.47 Å². The highest BCUT2D eigenvalue weighted by molar-refractivity contribution is 5.90. The van der Waals surface area contributed by atoms with Crippen LogP contribution in [0.15, 0.2) is 36.4 Å². The lowest BCUT2D eigenvalue weighted by Gasteiger charge is -2.43. The molecule has 2 aromatic rings. The normalized spacial score (nSPS) is 17.6. The van der Waals surface area contributed by atoms with Gasteiger partial charge >= 0.3 is 30.7 Å². The summed E-state index contributed by atoms with van der Waals surface area (Å²) in [4.78, 5) is 27.8. The predicted octanol–water partition coefficient (Wildman–Crippen LogP) is 8.59. The molecule has 0 bridgehead atoms. The molecule has 42 heavy (non-hydrogen) atoms. The number of rotatable bonds is 5. The third-order valence-corrected chi connectivity index (χ3v) is 6.39. The number of hydrogen-bond acceptors (Lipinski definition) is 4. The third kappa shape index (κ3) is 7.40. The van der Waals surface area contributed by atoms with E-state index < -0.39 is 77.7 Å². The molecule has 0 saturated carbocycles. The number of alkyl halides is 9. The SMILES string of the molecule is CCOC(=O)N1c2cc(C(F)(F)F)ccc2[C@H](N(Cc2cc(C(F)(F)F)cc(C(F)(F)F)c2)C(=O)OC(C)C)C[C@@H]1C. The Morgan fingerprint density at radius 2 is 1.45 bits per heavy atom. The van der Waals surface area contributed by atoms with E-state index in [0.717, 1.165) is 15.9 Å². The van der Waals surface area contributed by atoms with Gasteiger partial charge in [0.05, 0.1) is 41.1 Å². The number of amides is 2. The minimum absolute atomic E-state index is 0.0159. The summed E-state index contributed by atoms with van der Waals surface area (Å²) in [5.74, 6) is 0. The largest absolute Gasteiger partial charge is 0.449 e. The van der Waals surface area contributed by atoms with E-state index in [-0.39, 0.29) is 30.3 Å². The highest BCUT2D eigenvalue weighted by Gasteiger charge is 2.42. The molecular weight excluding hydrogens is 587 g/mol. The smallest absolute Gasteiger partial charge is 0.416 e. The van der Waals surface area contributed by atoms with Crippen molar-refractivity contribution in [2.75, 3.05) is 11.5 Å². The van der Waals surface area contributed by atoms with Crippen LogP contribution in [0.25, 0.3) is 0 Å². The van der Waals surface area contributed by atoms with E-state index in [1.807, 2.05) is 0 Å². The molecule has 15 heteroatoms. The molecule has 1 aliphatic rings. The monoisotopic (exact) mass is 614 g/mol. The van der Waals surface area contributed by atoms with Crippen LogP contribution >= 0.6 is 0 Å². The molecule has 232 valence electrons. The van der Waals surface area contributed by atoms with Gasteiger partial charge in [0.1, 0.15) is 0 Å². The van der Waals surface area contributed by atoms with Crippen molar-refractivity contribution >= 4 is 17.9 Å². The highest BCUT2D eigenvalue weighted by atomic mass is 19.4. The minimum Gasteiger partial charge on any atom is -0.449 e. The second-order valence-corrected chi connectivity index (χ2v) is 9.92. The Morgan fingerprint density at radius 3 is 1.93 bits per heavy atom. The minimum atomic E-state index is -5.15. The molecule has 0 fully saturated rings. The summed E-state index contributed by atoms with van der Waals surface area (Å²) < 4.78 is 132. The lowest BCUT2D eigenvalue weighted by atomic mass is 9.89. The third-order valence-electron chi connectivity index (χ3n) is 6.39. The van der Waals surface area contributed by atoms with E-state index in [1.54, 1.807) is 0 Å². The molecular formula is C27H27F9N2O4. The molecule has 0 aliphatic carbocycles. The van der Waals surface area contributed by atoms with Crippen molar-refractivity contribution in [3.63, 3.8) is 0 Å². The first-order chi connectivity index (χ1) is 19.2. The van der Waals surface area contributed by atoms with Crippen molar-refractivity contribution in [3.05, 3.63) is 64.2 Å². The number of anilines is 1. The van der Waals surface area contributed by atoms with Crippen LogP contribution in [0, 0.1) is 0 Å². The zero-order valence-corrected chi connectivity index (χ0v) is 22.7. The molecule has 6 nitrogen and oxygen atoms in total. The van der Waals surface area contributed by atoms with Crippen LogP contribution in [0.2, 0.25) is 0 Å². The fourth-order valence-electron chi connectivity index (χ4n) is 4.65. The summed E-state index contributed by atoms with van der Waals surface area (Å²) in [5, 5.41) is 0. The summed E-state index contributed by atoms with van der Waals surface area (Å²) in [5.41, 5.74) is -5.19. The first kappa shape index (κ1) is 32.9. The van der Waals surface area contributed by atoms with Gasteiger partial charge in [0.2, 0.25) is 0 Å². The van der Waals surface area contributed by atoms with Crippen LogP contribution in [0.1, 0.15) is 68.0 Å². The van der Waals surface area contributed by atoms with Gasteiger partial charge in [-0.15, -0.1) is 0 Å². The lowest BCUT2D eigenvalue weighted by molar-refractivity contribution is -0.143. The van der Waals surface area contributed by atoms with Gasteiger partial charge in [-0.2, -0.15) is 39.5 Å². The Morgan fingerprint density at radius 1 is 0.905 bits per heavy atom. The van der Waals surface area contributed by atoms with Crippen molar-refractivity contribution < 1.29 is 58.6 Å². The Balaban J connectivity index is 2.22. The van der Waals surface area contributed by atoms with Crippen LogP contribution in [0.3, 0.4) is 0 Å². The summed E-state index contributed by atoms with van der Waals surface area (Å²) in [7, 11) is 0. The van der Waals surface area contributed by atoms with E-state index in [4.69, 9.17) is 9.47 Å². The van der Waals surface area contributed by atoms with Crippen molar-refractivity contribution in [1.29, 1.82) is 0 Å². The molecule has 0 spiro atoms. The summed E-state index contributed by atoms with van der Waals surface area (Å²) in [6, 6.07) is 1.10. The van der Waals surface area contributed by atoms with Gasteiger partial charge in [-0.3, -0.25) is 9.80 Å². The van der Waals surface area contributed by atoms with Crippen LogP contribution in [-0.2, 0) is 34.5 Å². The van der Waals surface area contributed by atoms with Crippen molar-refractivity contribution in [2.45, 2.75) is 77.4 Å². The van der Waals surface area contributed by atoms with Crippen molar-refractivity contribution in [3.8, 4) is 0 Å². The molecule has 0 saturated heterocycles. The Bertz CT molecular complexity index is 1270. The Kier molecular flexibility index (Phi) is 9.32. The predicted molar refractivity (Wildman–Crippen MR) is 131 cm³/mol. The van der Waals surface area contributed by atoms with Gasteiger partial charge in [0.25, 0.3) is 0 Å². The molecule has 2 amide bonds. The van der Waals surface area contributed by atoms with E-state index in [9.17, 15) is 49.1 Å². The lowest BCUT2D eigenvalue weighted by Crippen LogP contribution is -2.48. The molecule has 2 aromatic carbocycles. The Labute approximate surface area is 235 Å². The van der Waals surface area contributed by atoms with Crippen LogP contribution in [0.5, 0.6) is 0 Å². The number of nitrogens with zero attached hydrogens (tertiary/aromatic N) is 2. The van der Waals surface area contributed by atoms with E-state index in [0.29, 0.717) is 24.3 Å². The van der Waals surface area contributed by atoms with E-state index in [2.05, 4.69) is 0 Å². The standard InChI is InChI=1S/C27H27F9N2O4/c1-5-41-24(40)38-15(4)8-21(20-7-6-17(12-22(20)38)25(28,29)30)37(23(39)42-14(2)3)13-16-9-18(26(31,32)33)11-19(10-16)27(34,35)36/h6-7,9-12,14-15,21H,5,8,13H2,1-4H3/t15-,21+/m0/s1. The molecule has 2 atom stereocenters. The van der Waals surface area contributed by atoms with Gasteiger partial charge in [-0.25, -0.2) is 9.59 Å². The van der Waals surface area contributed by atoms with Gasteiger partial charge in [0, 0.05) is 12.6 Å². The number of ether oxygens (including phenoxy) is 2. The van der Waals surface area contributed by atoms with Crippen LogP contribution in [0.4, 0.5) is 54.8 Å². The summed E-state index contributed by atoms with van der Waals surface area (Å²) in [6.45, 7) is 4.91. The van der Waals surface area contributed by atoms with Gasteiger partial charge in [-0.1, -0.05) is 6.07 Å². The maximum atomic E-state index is 13.6.